The summed E-state index contributed by atoms with van der Waals surface area (Å²) >= 11 is 1.51. The van der Waals surface area contributed by atoms with Crippen LogP contribution >= 0.6 is 18.9 Å². The fourth-order valence-corrected chi connectivity index (χ4v) is 7.37. The van der Waals surface area contributed by atoms with Crippen molar-refractivity contribution in [2.24, 2.45) is 5.92 Å². The first-order valence-electron chi connectivity index (χ1n) is 15.1. The normalized spacial score (nSPS) is 11.3. The molecule has 13 nitrogen and oxygen atoms in total. The van der Waals surface area contributed by atoms with E-state index in [2.05, 4.69) is 18.8 Å². The molecule has 0 fully saturated rings. The Labute approximate surface area is 287 Å². The van der Waals surface area contributed by atoms with Crippen molar-refractivity contribution in [2.45, 2.75) is 68.1 Å². The number of hydrogen-bond donors (Lipinski definition) is 0. The number of aryl methyl sites for hydroxylation is 1. The van der Waals surface area contributed by atoms with E-state index >= 15 is 0 Å². The molecule has 0 radical (unpaired) electrons. The first kappa shape index (κ1) is 37.2. The molecule has 0 aliphatic rings. The van der Waals surface area contributed by atoms with E-state index in [-0.39, 0.29) is 47.3 Å². The Morgan fingerprint density at radius 1 is 0.755 bits per heavy atom. The lowest BCUT2D eigenvalue weighted by Gasteiger charge is -2.20. The second-order valence-corrected chi connectivity index (χ2v) is 14.5. The Kier molecular flexibility index (Phi) is 12.3. The molecule has 4 rings (SSSR count). The van der Waals surface area contributed by atoms with Crippen LogP contribution in [0.5, 0.6) is 23.0 Å². The van der Waals surface area contributed by atoms with Crippen molar-refractivity contribution in [3.8, 4) is 34.5 Å². The van der Waals surface area contributed by atoms with Gasteiger partial charge in [0.15, 0.2) is 28.8 Å². The van der Waals surface area contributed by atoms with Gasteiger partial charge in [0.05, 0.1) is 24.5 Å². The number of aromatic nitrogens is 1. The topological polar surface area (TPSA) is 167 Å². The van der Waals surface area contributed by atoms with E-state index in [4.69, 9.17) is 32.4 Å². The van der Waals surface area contributed by atoms with Gasteiger partial charge in [-0.05, 0) is 60.7 Å². The highest BCUT2D eigenvalue weighted by atomic mass is 32.1. The fraction of sp³-hybridized carbons (Fsp3) is 0.324. The molecule has 260 valence electrons. The van der Waals surface area contributed by atoms with Gasteiger partial charge in [-0.15, -0.1) is 11.3 Å². The van der Waals surface area contributed by atoms with E-state index in [1.807, 2.05) is 6.92 Å². The van der Waals surface area contributed by atoms with Gasteiger partial charge in [0.1, 0.15) is 11.0 Å². The Morgan fingerprint density at radius 2 is 1.22 bits per heavy atom. The number of ether oxygens (including phenoxy) is 4. The van der Waals surface area contributed by atoms with Crippen LogP contribution in [0.1, 0.15) is 62.6 Å². The molecule has 0 bridgehead atoms. The number of hydrogen-bond acceptors (Lipinski definition) is 14. The first-order valence-corrected chi connectivity index (χ1v) is 17.4. The second-order valence-electron chi connectivity index (χ2n) is 11.2. The lowest BCUT2D eigenvalue weighted by atomic mass is 10.1. The maximum absolute atomic E-state index is 14.9. The van der Waals surface area contributed by atoms with E-state index in [0.29, 0.717) is 29.2 Å². The minimum Gasteiger partial charge on any atom is -0.462 e. The summed E-state index contributed by atoms with van der Waals surface area (Å²) in [5.41, 5.74) is 1.34. The average Bonchev–Trinajstić information content (AvgIpc) is 3.63. The zero-order valence-corrected chi connectivity index (χ0v) is 29.7. The number of furan rings is 1. The van der Waals surface area contributed by atoms with Crippen molar-refractivity contribution < 1.29 is 56.2 Å². The van der Waals surface area contributed by atoms with Crippen LogP contribution in [0, 0.1) is 12.8 Å². The summed E-state index contributed by atoms with van der Waals surface area (Å²) in [6.45, 7) is 10.2. The molecule has 0 atom stereocenters. The maximum atomic E-state index is 14.9. The molecule has 0 spiro atoms. The summed E-state index contributed by atoms with van der Waals surface area (Å²) in [5, 5.41) is 0.915. The molecule has 2 heterocycles. The predicted molar refractivity (Wildman–Crippen MR) is 178 cm³/mol. The van der Waals surface area contributed by atoms with Gasteiger partial charge in [-0.3, -0.25) is 23.7 Å². The predicted octanol–water partition coefficient (Wildman–Crippen LogP) is 6.86. The van der Waals surface area contributed by atoms with E-state index in [0.717, 1.165) is 9.88 Å². The first-order chi connectivity index (χ1) is 23.1. The minimum atomic E-state index is -4.27. The van der Waals surface area contributed by atoms with Gasteiger partial charge in [-0.1, -0.05) is 26.0 Å². The standard InChI is InChI=1S/C34H36NO12PS/c1-19(2)14-32-33(35-20(3)49-32)34-31(12-13-41-34)48(40,42-17-25-8-10-27(44-21(4)36)29(15-25)46-23(6)38)43-18-26-9-11-28(45-22(5)37)30(16-26)47-24(7)39/h8-13,15-16,19H,14,17-18H2,1-7H3. The van der Waals surface area contributed by atoms with Gasteiger partial charge in [-0.2, -0.15) is 0 Å². The Morgan fingerprint density at radius 3 is 1.67 bits per heavy atom. The Bertz CT molecular complexity index is 1820. The van der Waals surface area contributed by atoms with Crippen molar-refractivity contribution in [3.05, 3.63) is 69.7 Å². The van der Waals surface area contributed by atoms with E-state index in [1.165, 1.54) is 75.6 Å². The molecule has 0 aliphatic carbocycles. The van der Waals surface area contributed by atoms with Gasteiger partial charge in [0, 0.05) is 32.6 Å². The SMILES string of the molecule is CC(=O)Oc1ccc(COP(=O)(OCc2ccc(OC(C)=O)c(OC(C)=O)c2)c2ccoc2-c2nc(C)sc2CC(C)C)cc1OC(C)=O. The van der Waals surface area contributed by atoms with Crippen molar-refractivity contribution in [3.63, 3.8) is 0 Å². The third-order valence-corrected chi connectivity index (χ3v) is 9.26. The molecule has 0 N–H and O–H groups in total. The molecule has 15 heteroatoms. The third kappa shape index (κ3) is 10.2. The van der Waals surface area contributed by atoms with Crippen LogP contribution < -0.4 is 24.3 Å². The molecule has 49 heavy (non-hydrogen) atoms. The zero-order valence-electron chi connectivity index (χ0n) is 28.0. The second kappa shape index (κ2) is 16.2. The van der Waals surface area contributed by atoms with Gasteiger partial charge >= 0.3 is 31.5 Å². The minimum absolute atomic E-state index is 0.0142. The molecule has 0 aliphatic heterocycles. The fourth-order valence-electron chi connectivity index (χ4n) is 4.58. The van der Waals surface area contributed by atoms with Crippen LogP contribution in [0.4, 0.5) is 0 Å². The number of carbonyl (C=O) groups excluding carboxylic acids is 4. The highest BCUT2D eigenvalue weighted by molar-refractivity contribution is 7.62. The third-order valence-electron chi connectivity index (χ3n) is 6.39. The van der Waals surface area contributed by atoms with Crippen LogP contribution in [0.25, 0.3) is 11.5 Å². The summed E-state index contributed by atoms with van der Waals surface area (Å²) in [6, 6.07) is 10.3. The molecule has 2 aromatic heterocycles. The summed E-state index contributed by atoms with van der Waals surface area (Å²) < 4.78 is 53.6. The quantitative estimate of drug-likeness (QED) is 0.0756. The average molecular weight is 714 g/mol. The summed E-state index contributed by atoms with van der Waals surface area (Å²) in [5.74, 6) is -2.04. The summed E-state index contributed by atoms with van der Waals surface area (Å²) in [7, 11) is -4.27. The van der Waals surface area contributed by atoms with Crippen molar-refractivity contribution in [2.75, 3.05) is 0 Å². The van der Waals surface area contributed by atoms with Crippen LogP contribution in [0.3, 0.4) is 0 Å². The van der Waals surface area contributed by atoms with Gasteiger partial charge in [0.2, 0.25) is 0 Å². The molecule has 0 unspecified atom stereocenters. The van der Waals surface area contributed by atoms with E-state index in [1.54, 1.807) is 12.1 Å². The largest absolute Gasteiger partial charge is 0.462 e. The molecular formula is C34H36NO12PS. The van der Waals surface area contributed by atoms with Crippen LogP contribution in [-0.2, 0) is 52.4 Å². The van der Waals surface area contributed by atoms with Crippen molar-refractivity contribution >= 4 is 48.1 Å². The summed E-state index contributed by atoms with van der Waals surface area (Å²) in [4.78, 5) is 52.3. The van der Waals surface area contributed by atoms with Gasteiger partial charge < -0.3 is 32.4 Å². The van der Waals surface area contributed by atoms with Crippen molar-refractivity contribution in [1.82, 2.24) is 4.98 Å². The Balaban J connectivity index is 1.73. The highest BCUT2D eigenvalue weighted by Gasteiger charge is 2.35. The molecule has 0 saturated carbocycles. The zero-order chi connectivity index (χ0) is 35.9. The monoisotopic (exact) mass is 713 g/mol. The van der Waals surface area contributed by atoms with Gasteiger partial charge in [-0.25, -0.2) is 4.98 Å². The van der Waals surface area contributed by atoms with Crippen LogP contribution in [-0.4, -0.2) is 28.9 Å². The molecule has 4 aromatic rings. The van der Waals surface area contributed by atoms with Crippen LogP contribution in [0.2, 0.25) is 0 Å². The van der Waals surface area contributed by atoms with E-state index in [9.17, 15) is 23.7 Å². The number of carbonyl (C=O) groups is 4. The molecule has 0 amide bonds. The molecular weight excluding hydrogens is 677 g/mol. The lowest BCUT2D eigenvalue weighted by Crippen LogP contribution is -2.13. The number of thiazole rings is 1. The lowest BCUT2D eigenvalue weighted by molar-refractivity contribution is -0.134. The smallest absolute Gasteiger partial charge is 0.365 e. The maximum Gasteiger partial charge on any atom is 0.365 e. The Hall–Kier alpha value is -4.62. The van der Waals surface area contributed by atoms with Crippen LogP contribution in [0.15, 0.2) is 53.1 Å². The highest BCUT2D eigenvalue weighted by Crippen LogP contribution is 2.52. The summed E-state index contributed by atoms with van der Waals surface area (Å²) in [6.07, 6.45) is 2.07. The number of benzene rings is 2. The van der Waals surface area contributed by atoms with Gasteiger partial charge in [0.25, 0.3) is 0 Å². The van der Waals surface area contributed by atoms with Crippen molar-refractivity contribution in [1.29, 1.82) is 0 Å². The number of esters is 4. The van der Waals surface area contributed by atoms with E-state index < -0.39 is 31.5 Å². The molecule has 2 aromatic carbocycles. The number of nitrogens with zero attached hydrogens (tertiary/aromatic N) is 1. The number of rotatable bonds is 14. The molecule has 0 saturated heterocycles.